The number of carbonyl (C=O) groups excluding carboxylic acids is 1. The van der Waals surface area contributed by atoms with Crippen molar-refractivity contribution in [2.75, 3.05) is 18.0 Å². The molecular formula is C20H21N7O. The molecule has 4 aromatic rings. The van der Waals surface area contributed by atoms with Gasteiger partial charge in [-0.1, -0.05) is 18.2 Å². The van der Waals surface area contributed by atoms with Gasteiger partial charge in [0.1, 0.15) is 6.33 Å². The highest BCUT2D eigenvalue weighted by molar-refractivity contribution is 5.89. The molecule has 0 saturated carbocycles. The number of nitrogens with one attached hydrogen (secondary N) is 1. The summed E-state index contributed by atoms with van der Waals surface area (Å²) in [4.78, 5) is 19.3. The summed E-state index contributed by atoms with van der Waals surface area (Å²) in [6.07, 6.45) is 8.56. The lowest BCUT2D eigenvalue weighted by atomic mass is 10.1. The van der Waals surface area contributed by atoms with Crippen LogP contribution in [0.2, 0.25) is 0 Å². The predicted octanol–water partition coefficient (Wildman–Crippen LogP) is 1.55. The molecule has 0 bridgehead atoms. The summed E-state index contributed by atoms with van der Waals surface area (Å²) in [7, 11) is 2.01. The number of hydrogen-bond acceptors (Lipinski definition) is 5. The summed E-state index contributed by atoms with van der Waals surface area (Å²) in [5.74, 6) is 0.864. The molecule has 1 N–H and O–H groups in total. The van der Waals surface area contributed by atoms with Gasteiger partial charge in [0, 0.05) is 55.7 Å². The SMILES string of the molecule is Cn1cc(CC(=O)N[C@@H]2CCN(c3nccn4cnnc34)C2)c2ccccc21. The third kappa shape index (κ3) is 2.87. The van der Waals surface area contributed by atoms with Gasteiger partial charge in [-0.2, -0.15) is 0 Å². The van der Waals surface area contributed by atoms with Crippen LogP contribution in [-0.2, 0) is 18.3 Å². The van der Waals surface area contributed by atoms with Crippen LogP contribution in [0.15, 0.2) is 49.2 Å². The maximum absolute atomic E-state index is 12.7. The molecule has 1 aromatic carbocycles. The number of anilines is 1. The molecule has 0 radical (unpaired) electrons. The fourth-order valence-electron chi connectivity index (χ4n) is 4.06. The van der Waals surface area contributed by atoms with Gasteiger partial charge in [-0.05, 0) is 18.1 Å². The van der Waals surface area contributed by atoms with E-state index in [1.807, 2.05) is 36.0 Å². The molecule has 28 heavy (non-hydrogen) atoms. The standard InChI is InChI=1S/C20H21N7O/c1-25-11-14(16-4-2-3-5-17(16)25)10-18(28)23-15-6-8-26(12-15)19-20-24-22-13-27(20)9-7-21-19/h2-5,7,9,11,13,15H,6,8,10,12H2,1H3,(H,23,28)/t15-/m1/s1. The molecular weight excluding hydrogens is 354 g/mol. The molecule has 0 unspecified atom stereocenters. The second-order valence-corrected chi connectivity index (χ2v) is 7.27. The average Bonchev–Trinajstić information content (AvgIpc) is 3.42. The molecule has 8 heteroatoms. The van der Waals surface area contributed by atoms with Crippen LogP contribution in [-0.4, -0.2) is 49.2 Å². The summed E-state index contributed by atoms with van der Waals surface area (Å²) in [6, 6.07) is 8.27. The fourth-order valence-corrected chi connectivity index (χ4v) is 4.06. The van der Waals surface area contributed by atoms with E-state index in [0.29, 0.717) is 6.42 Å². The largest absolute Gasteiger partial charge is 0.351 e. The summed E-state index contributed by atoms with van der Waals surface area (Å²) >= 11 is 0. The number of para-hydroxylation sites is 1. The molecule has 142 valence electrons. The van der Waals surface area contributed by atoms with Crippen molar-refractivity contribution in [1.29, 1.82) is 0 Å². The summed E-state index contributed by atoms with van der Waals surface area (Å²) in [5.41, 5.74) is 2.94. The van der Waals surface area contributed by atoms with Crippen molar-refractivity contribution < 1.29 is 4.79 Å². The van der Waals surface area contributed by atoms with E-state index in [2.05, 4.69) is 42.1 Å². The third-order valence-electron chi connectivity index (χ3n) is 5.38. The second-order valence-electron chi connectivity index (χ2n) is 7.27. The quantitative estimate of drug-likeness (QED) is 0.585. The normalized spacial score (nSPS) is 16.9. The number of benzene rings is 1. The van der Waals surface area contributed by atoms with Crippen LogP contribution < -0.4 is 10.2 Å². The number of aryl methyl sites for hydroxylation is 1. The lowest BCUT2D eigenvalue weighted by Crippen LogP contribution is -2.38. The molecule has 1 aliphatic heterocycles. The molecule has 5 rings (SSSR count). The van der Waals surface area contributed by atoms with Crippen LogP contribution in [0.3, 0.4) is 0 Å². The van der Waals surface area contributed by atoms with Crippen molar-refractivity contribution in [2.45, 2.75) is 18.9 Å². The summed E-state index contributed by atoms with van der Waals surface area (Å²) in [6.45, 7) is 1.56. The number of hydrogen-bond donors (Lipinski definition) is 1. The highest BCUT2D eigenvalue weighted by Crippen LogP contribution is 2.23. The van der Waals surface area contributed by atoms with Crippen LogP contribution >= 0.6 is 0 Å². The zero-order chi connectivity index (χ0) is 19.1. The Morgan fingerprint density at radius 2 is 2.21 bits per heavy atom. The van der Waals surface area contributed by atoms with Crippen LogP contribution in [0, 0.1) is 0 Å². The first kappa shape index (κ1) is 16.7. The first-order valence-electron chi connectivity index (χ1n) is 9.40. The Hall–Kier alpha value is -3.42. The van der Waals surface area contributed by atoms with Gasteiger partial charge in [-0.3, -0.25) is 9.20 Å². The van der Waals surface area contributed by atoms with E-state index in [1.165, 1.54) is 0 Å². The predicted molar refractivity (Wildman–Crippen MR) is 106 cm³/mol. The van der Waals surface area contributed by atoms with Gasteiger partial charge in [0.25, 0.3) is 0 Å². The topological polar surface area (TPSA) is 80.4 Å². The number of carbonyl (C=O) groups is 1. The van der Waals surface area contributed by atoms with Crippen molar-refractivity contribution in [3.8, 4) is 0 Å². The number of nitrogens with zero attached hydrogens (tertiary/aromatic N) is 6. The van der Waals surface area contributed by atoms with E-state index in [0.717, 1.165) is 47.4 Å². The molecule has 8 nitrogen and oxygen atoms in total. The molecule has 1 fully saturated rings. The number of aromatic nitrogens is 5. The summed E-state index contributed by atoms with van der Waals surface area (Å²) < 4.78 is 3.93. The van der Waals surface area contributed by atoms with E-state index >= 15 is 0 Å². The Labute approximate surface area is 161 Å². The minimum Gasteiger partial charge on any atom is -0.351 e. The van der Waals surface area contributed by atoms with Gasteiger partial charge in [0.05, 0.1) is 6.42 Å². The number of fused-ring (bicyclic) bond motifs is 2. The maximum Gasteiger partial charge on any atom is 0.224 e. The lowest BCUT2D eigenvalue weighted by molar-refractivity contribution is -0.121. The van der Waals surface area contributed by atoms with Crippen molar-refractivity contribution in [3.63, 3.8) is 0 Å². The number of amides is 1. The van der Waals surface area contributed by atoms with Crippen molar-refractivity contribution >= 4 is 28.3 Å². The highest BCUT2D eigenvalue weighted by Gasteiger charge is 2.27. The van der Waals surface area contributed by atoms with Crippen molar-refractivity contribution in [2.24, 2.45) is 7.05 Å². The zero-order valence-corrected chi connectivity index (χ0v) is 15.6. The van der Waals surface area contributed by atoms with Crippen molar-refractivity contribution in [3.05, 3.63) is 54.7 Å². The van der Waals surface area contributed by atoms with E-state index in [4.69, 9.17) is 0 Å². The Kier molecular flexibility index (Phi) is 3.96. The van der Waals surface area contributed by atoms with Gasteiger partial charge < -0.3 is 14.8 Å². The molecule has 1 saturated heterocycles. The van der Waals surface area contributed by atoms with E-state index in [9.17, 15) is 4.79 Å². The maximum atomic E-state index is 12.7. The first-order chi connectivity index (χ1) is 13.7. The van der Waals surface area contributed by atoms with Crippen molar-refractivity contribution in [1.82, 2.24) is 29.5 Å². The first-order valence-corrected chi connectivity index (χ1v) is 9.40. The van der Waals surface area contributed by atoms with E-state index in [-0.39, 0.29) is 11.9 Å². The van der Waals surface area contributed by atoms with E-state index in [1.54, 1.807) is 12.5 Å². The second kappa shape index (κ2) is 6.63. The average molecular weight is 375 g/mol. The lowest BCUT2D eigenvalue weighted by Gasteiger charge is -2.18. The Bertz CT molecular complexity index is 1160. The summed E-state index contributed by atoms with van der Waals surface area (Å²) in [5, 5.41) is 12.4. The van der Waals surface area contributed by atoms with Crippen LogP contribution in [0.1, 0.15) is 12.0 Å². The Morgan fingerprint density at radius 1 is 1.32 bits per heavy atom. The molecule has 4 heterocycles. The molecule has 0 spiro atoms. The molecule has 3 aromatic heterocycles. The van der Waals surface area contributed by atoms with Gasteiger partial charge in [0.15, 0.2) is 5.82 Å². The van der Waals surface area contributed by atoms with Gasteiger partial charge in [-0.15, -0.1) is 10.2 Å². The Morgan fingerprint density at radius 3 is 3.14 bits per heavy atom. The van der Waals surface area contributed by atoms with Gasteiger partial charge in [-0.25, -0.2) is 4.98 Å². The minimum absolute atomic E-state index is 0.0526. The minimum atomic E-state index is 0.0526. The number of rotatable bonds is 4. The van der Waals surface area contributed by atoms with Crippen LogP contribution in [0.4, 0.5) is 5.82 Å². The van der Waals surface area contributed by atoms with Crippen LogP contribution in [0.5, 0.6) is 0 Å². The Balaban J connectivity index is 1.27. The monoisotopic (exact) mass is 375 g/mol. The molecule has 1 atom stereocenters. The van der Waals surface area contributed by atoms with Crippen LogP contribution in [0.25, 0.3) is 16.6 Å². The molecule has 1 amide bonds. The molecule has 0 aliphatic carbocycles. The third-order valence-corrected chi connectivity index (χ3v) is 5.38. The van der Waals surface area contributed by atoms with Gasteiger partial charge in [0.2, 0.25) is 11.6 Å². The smallest absolute Gasteiger partial charge is 0.224 e. The fraction of sp³-hybridized carbons (Fsp3) is 0.300. The molecule has 1 aliphatic rings. The highest BCUT2D eigenvalue weighted by atomic mass is 16.1. The van der Waals surface area contributed by atoms with E-state index < -0.39 is 0 Å². The zero-order valence-electron chi connectivity index (χ0n) is 15.6. The van der Waals surface area contributed by atoms with Gasteiger partial charge >= 0.3 is 0 Å².